The molecular formula is C15H21N3O. The van der Waals surface area contributed by atoms with Crippen molar-refractivity contribution in [2.24, 2.45) is 0 Å². The van der Waals surface area contributed by atoms with Crippen LogP contribution in [0.3, 0.4) is 0 Å². The lowest BCUT2D eigenvalue weighted by molar-refractivity contribution is 0.163. The highest BCUT2D eigenvalue weighted by Crippen LogP contribution is 2.38. The molecule has 4 heteroatoms. The summed E-state index contributed by atoms with van der Waals surface area (Å²) in [5.41, 5.74) is 2.13. The second kappa shape index (κ2) is 4.94. The molecule has 1 aliphatic rings. The van der Waals surface area contributed by atoms with Gasteiger partial charge in [0.05, 0.1) is 24.0 Å². The number of benzene rings is 1. The van der Waals surface area contributed by atoms with Gasteiger partial charge in [-0.05, 0) is 37.9 Å². The summed E-state index contributed by atoms with van der Waals surface area (Å²) in [7, 11) is 0. The lowest BCUT2D eigenvalue weighted by Gasteiger charge is -2.28. The highest BCUT2D eigenvalue weighted by molar-refractivity contribution is 5.75. The van der Waals surface area contributed by atoms with E-state index in [4.69, 9.17) is 0 Å². The predicted octanol–water partition coefficient (Wildman–Crippen LogP) is 2.10. The number of nitrogens with zero attached hydrogens (tertiary/aromatic N) is 2. The number of rotatable bonds is 4. The van der Waals surface area contributed by atoms with Crippen LogP contribution < -0.4 is 5.32 Å². The lowest BCUT2D eigenvalue weighted by atomic mass is 9.98. The molecule has 0 spiro atoms. The Morgan fingerprint density at radius 2 is 2.32 bits per heavy atom. The molecule has 0 radical (unpaired) electrons. The average molecular weight is 259 g/mol. The topological polar surface area (TPSA) is 50.1 Å². The van der Waals surface area contributed by atoms with Crippen molar-refractivity contribution in [3.8, 4) is 0 Å². The molecule has 2 unspecified atom stereocenters. The van der Waals surface area contributed by atoms with E-state index in [0.717, 1.165) is 31.3 Å². The molecule has 0 bridgehead atoms. The second-order valence-electron chi connectivity index (χ2n) is 5.51. The molecule has 4 nitrogen and oxygen atoms in total. The fraction of sp³-hybridized carbons (Fsp3) is 0.533. The molecule has 2 aromatic rings. The van der Waals surface area contributed by atoms with Gasteiger partial charge in [-0.25, -0.2) is 4.98 Å². The van der Waals surface area contributed by atoms with Crippen LogP contribution in [0.4, 0.5) is 0 Å². The Balaban J connectivity index is 1.88. The van der Waals surface area contributed by atoms with E-state index in [-0.39, 0.29) is 12.1 Å². The summed E-state index contributed by atoms with van der Waals surface area (Å²) in [4.78, 5) is 4.46. The van der Waals surface area contributed by atoms with Crippen LogP contribution >= 0.6 is 0 Å². The third kappa shape index (κ3) is 2.15. The minimum atomic E-state index is -0.106. The molecule has 2 N–H and O–H groups in total. The van der Waals surface area contributed by atoms with Crippen molar-refractivity contribution in [2.75, 3.05) is 13.2 Å². The Kier molecular flexibility index (Phi) is 3.29. The Labute approximate surface area is 113 Å². The third-order valence-corrected chi connectivity index (χ3v) is 4.31. The second-order valence-corrected chi connectivity index (χ2v) is 5.51. The number of likely N-dealkylation sites (N-methyl/N-ethyl adjacent to an activating group) is 1. The van der Waals surface area contributed by atoms with Gasteiger partial charge < -0.3 is 15.0 Å². The quantitative estimate of drug-likeness (QED) is 0.884. The number of fused-ring (bicyclic) bond motifs is 1. The molecule has 1 fully saturated rings. The molecule has 0 saturated heterocycles. The number of aromatic nitrogens is 2. The van der Waals surface area contributed by atoms with Crippen molar-refractivity contribution < 1.29 is 5.11 Å². The van der Waals surface area contributed by atoms with E-state index in [0.29, 0.717) is 6.04 Å². The zero-order chi connectivity index (χ0) is 13.3. The van der Waals surface area contributed by atoms with Gasteiger partial charge in [0.1, 0.15) is 0 Å². The number of para-hydroxylation sites is 2. The van der Waals surface area contributed by atoms with Gasteiger partial charge in [-0.1, -0.05) is 19.1 Å². The van der Waals surface area contributed by atoms with Crippen LogP contribution in [0.15, 0.2) is 30.6 Å². The summed E-state index contributed by atoms with van der Waals surface area (Å²) in [6.45, 7) is 3.21. The lowest BCUT2D eigenvalue weighted by Crippen LogP contribution is -2.46. The monoisotopic (exact) mass is 259 g/mol. The van der Waals surface area contributed by atoms with Crippen LogP contribution in [-0.4, -0.2) is 33.3 Å². The third-order valence-electron chi connectivity index (χ3n) is 4.31. The first kappa shape index (κ1) is 12.6. The smallest absolute Gasteiger partial charge is 0.0960 e. The summed E-state index contributed by atoms with van der Waals surface area (Å²) in [5.74, 6) is 0. The number of imidazole rings is 1. The first-order chi connectivity index (χ1) is 9.28. The number of nitrogens with one attached hydrogen (secondary N) is 1. The Morgan fingerprint density at radius 1 is 1.47 bits per heavy atom. The highest BCUT2D eigenvalue weighted by atomic mass is 16.3. The first-order valence-corrected chi connectivity index (χ1v) is 7.05. The minimum Gasteiger partial charge on any atom is -0.394 e. The average Bonchev–Trinajstić information content (AvgIpc) is 3.03. The van der Waals surface area contributed by atoms with E-state index in [9.17, 15) is 5.11 Å². The Morgan fingerprint density at radius 3 is 3.11 bits per heavy atom. The summed E-state index contributed by atoms with van der Waals surface area (Å²) in [6.07, 6.45) is 5.02. The van der Waals surface area contributed by atoms with Crippen molar-refractivity contribution in [2.45, 2.75) is 37.8 Å². The van der Waals surface area contributed by atoms with Crippen molar-refractivity contribution in [1.82, 2.24) is 14.9 Å². The van der Waals surface area contributed by atoms with Crippen LogP contribution in [0, 0.1) is 0 Å². The summed E-state index contributed by atoms with van der Waals surface area (Å²) < 4.78 is 2.27. The number of aliphatic hydroxyl groups is 1. The number of aliphatic hydroxyl groups excluding tert-OH is 1. The van der Waals surface area contributed by atoms with Crippen LogP contribution in [0.25, 0.3) is 11.0 Å². The zero-order valence-electron chi connectivity index (χ0n) is 11.3. The van der Waals surface area contributed by atoms with E-state index < -0.39 is 0 Å². The van der Waals surface area contributed by atoms with E-state index >= 15 is 0 Å². The molecule has 1 aromatic heterocycles. The van der Waals surface area contributed by atoms with Gasteiger partial charge in [0.2, 0.25) is 0 Å². The summed E-state index contributed by atoms with van der Waals surface area (Å²) in [5, 5.41) is 13.2. The summed E-state index contributed by atoms with van der Waals surface area (Å²) >= 11 is 0. The van der Waals surface area contributed by atoms with Gasteiger partial charge >= 0.3 is 0 Å². The highest BCUT2D eigenvalue weighted by Gasteiger charge is 2.38. The maximum atomic E-state index is 9.69. The van der Waals surface area contributed by atoms with Gasteiger partial charge in [0, 0.05) is 11.6 Å². The SMILES string of the molecule is CCNC1(CO)CCC(n2cnc3ccccc32)C1. The van der Waals surface area contributed by atoms with E-state index in [1.807, 2.05) is 18.5 Å². The Bertz CT molecular complexity index is 565. The zero-order valence-corrected chi connectivity index (χ0v) is 11.3. The Hall–Kier alpha value is -1.39. The van der Waals surface area contributed by atoms with Gasteiger partial charge in [0.25, 0.3) is 0 Å². The number of hydrogen-bond acceptors (Lipinski definition) is 3. The molecule has 1 heterocycles. The maximum Gasteiger partial charge on any atom is 0.0960 e. The van der Waals surface area contributed by atoms with E-state index in [1.165, 1.54) is 5.52 Å². The largest absolute Gasteiger partial charge is 0.394 e. The van der Waals surface area contributed by atoms with Gasteiger partial charge in [-0.3, -0.25) is 0 Å². The molecule has 0 aliphatic heterocycles. The fourth-order valence-electron chi connectivity index (χ4n) is 3.34. The van der Waals surface area contributed by atoms with Crippen molar-refractivity contribution in [1.29, 1.82) is 0 Å². The summed E-state index contributed by atoms with van der Waals surface area (Å²) in [6, 6.07) is 8.67. The maximum absolute atomic E-state index is 9.69. The van der Waals surface area contributed by atoms with E-state index in [2.05, 4.69) is 33.9 Å². The molecule has 1 aliphatic carbocycles. The molecule has 3 rings (SSSR count). The van der Waals surface area contributed by atoms with Crippen LogP contribution in [0.2, 0.25) is 0 Å². The minimum absolute atomic E-state index is 0.106. The fourth-order valence-corrected chi connectivity index (χ4v) is 3.34. The molecule has 2 atom stereocenters. The van der Waals surface area contributed by atoms with Crippen molar-refractivity contribution in [3.05, 3.63) is 30.6 Å². The van der Waals surface area contributed by atoms with Gasteiger partial charge in [0.15, 0.2) is 0 Å². The number of hydrogen-bond donors (Lipinski definition) is 2. The van der Waals surface area contributed by atoms with E-state index in [1.54, 1.807) is 0 Å². The van der Waals surface area contributed by atoms with Crippen molar-refractivity contribution in [3.63, 3.8) is 0 Å². The predicted molar refractivity (Wildman–Crippen MR) is 76.1 cm³/mol. The van der Waals surface area contributed by atoms with Gasteiger partial charge in [-0.2, -0.15) is 0 Å². The first-order valence-electron chi connectivity index (χ1n) is 7.05. The van der Waals surface area contributed by atoms with Crippen LogP contribution in [-0.2, 0) is 0 Å². The van der Waals surface area contributed by atoms with Crippen molar-refractivity contribution >= 4 is 11.0 Å². The molecular weight excluding hydrogens is 238 g/mol. The molecule has 0 amide bonds. The van der Waals surface area contributed by atoms with Crippen LogP contribution in [0.1, 0.15) is 32.2 Å². The molecule has 102 valence electrons. The van der Waals surface area contributed by atoms with Gasteiger partial charge in [-0.15, -0.1) is 0 Å². The molecule has 1 saturated carbocycles. The normalized spacial score (nSPS) is 27.2. The van der Waals surface area contributed by atoms with Crippen LogP contribution in [0.5, 0.6) is 0 Å². The molecule has 1 aromatic carbocycles. The molecule has 19 heavy (non-hydrogen) atoms. The standard InChI is InChI=1S/C15H21N3O/c1-2-17-15(10-19)8-7-12(9-15)18-11-16-13-5-3-4-6-14(13)18/h3-6,11-12,17,19H,2,7-10H2,1H3.